The van der Waals surface area contributed by atoms with Crippen molar-refractivity contribution in [3.63, 3.8) is 0 Å². The van der Waals surface area contributed by atoms with Crippen LogP contribution < -0.4 is 0 Å². The lowest BCUT2D eigenvalue weighted by molar-refractivity contribution is -0.145. The number of rotatable bonds is 8. The van der Waals surface area contributed by atoms with Crippen molar-refractivity contribution in [2.75, 3.05) is 19.6 Å². The van der Waals surface area contributed by atoms with E-state index < -0.39 is 6.10 Å². The van der Waals surface area contributed by atoms with Crippen molar-refractivity contribution in [3.05, 3.63) is 29.8 Å². The number of piperidine rings is 1. The van der Waals surface area contributed by atoms with Gasteiger partial charge in [-0.3, -0.25) is 9.69 Å². The number of amides is 1. The normalized spacial score (nSPS) is 29.2. The molecule has 2 bridgehead atoms. The van der Waals surface area contributed by atoms with Gasteiger partial charge in [0.25, 0.3) is 5.91 Å². The Hall–Kier alpha value is -1.59. The van der Waals surface area contributed by atoms with E-state index in [9.17, 15) is 15.0 Å². The van der Waals surface area contributed by atoms with Gasteiger partial charge in [0.15, 0.2) is 0 Å². The topological polar surface area (TPSA) is 64.0 Å². The highest BCUT2D eigenvalue weighted by molar-refractivity contribution is 5.81. The molecular weight excluding hydrogens is 436 g/mol. The van der Waals surface area contributed by atoms with E-state index in [1.54, 1.807) is 6.07 Å². The maximum absolute atomic E-state index is 13.6. The van der Waals surface area contributed by atoms with Crippen LogP contribution in [-0.4, -0.2) is 63.7 Å². The molecule has 2 saturated heterocycles. The number of hydrogen-bond donors (Lipinski definition) is 2. The van der Waals surface area contributed by atoms with E-state index in [-0.39, 0.29) is 11.8 Å². The van der Waals surface area contributed by atoms with E-state index in [0.29, 0.717) is 29.7 Å². The average Bonchev–Trinajstić information content (AvgIpc) is 3.13. The highest BCUT2D eigenvalue weighted by Crippen LogP contribution is 2.43. The molecule has 4 aliphatic rings. The second-order valence-corrected chi connectivity index (χ2v) is 12.0. The summed E-state index contributed by atoms with van der Waals surface area (Å²) in [5.74, 6) is 1.64. The van der Waals surface area contributed by atoms with Gasteiger partial charge in [0, 0.05) is 31.7 Å². The molecule has 1 amide bonds. The first-order valence-corrected chi connectivity index (χ1v) is 14.6. The monoisotopic (exact) mass is 482 g/mol. The van der Waals surface area contributed by atoms with Crippen molar-refractivity contribution in [1.29, 1.82) is 0 Å². The fraction of sp³-hybridized carbons (Fsp3) is 0.767. The summed E-state index contributed by atoms with van der Waals surface area (Å²) in [7, 11) is 0. The van der Waals surface area contributed by atoms with Gasteiger partial charge in [-0.15, -0.1) is 0 Å². The van der Waals surface area contributed by atoms with Gasteiger partial charge < -0.3 is 15.1 Å². The van der Waals surface area contributed by atoms with Crippen molar-refractivity contribution in [2.45, 2.75) is 114 Å². The molecule has 2 aliphatic heterocycles. The molecule has 0 aromatic heterocycles. The van der Waals surface area contributed by atoms with E-state index in [4.69, 9.17) is 0 Å². The van der Waals surface area contributed by atoms with Gasteiger partial charge in [0.2, 0.25) is 0 Å². The van der Waals surface area contributed by atoms with Crippen LogP contribution in [-0.2, 0) is 4.79 Å². The molecule has 5 nitrogen and oxygen atoms in total. The molecule has 1 aromatic rings. The van der Waals surface area contributed by atoms with Gasteiger partial charge in [0.05, 0.1) is 0 Å². The Bertz CT molecular complexity index is 819. The quantitative estimate of drug-likeness (QED) is 0.517. The molecule has 2 aliphatic carbocycles. The third-order valence-electron chi connectivity index (χ3n) is 9.72. The first-order valence-electron chi connectivity index (χ1n) is 14.6. The second kappa shape index (κ2) is 11.6. The lowest BCUT2D eigenvalue weighted by Crippen LogP contribution is -2.50. The number of phenolic OH excluding ortho intramolecular Hbond substituents is 1. The van der Waals surface area contributed by atoms with Crippen LogP contribution in [0.25, 0.3) is 0 Å². The lowest BCUT2D eigenvalue weighted by Gasteiger charge is -2.41. The summed E-state index contributed by atoms with van der Waals surface area (Å²) >= 11 is 0. The summed E-state index contributed by atoms with van der Waals surface area (Å²) in [6, 6.07) is 8.96. The summed E-state index contributed by atoms with van der Waals surface area (Å²) in [5, 5.41) is 21.0. The number of nitrogens with zero attached hydrogens (tertiary/aromatic N) is 2. The molecule has 4 fully saturated rings. The Labute approximate surface area is 211 Å². The molecule has 2 N–H and O–H groups in total. The van der Waals surface area contributed by atoms with Crippen molar-refractivity contribution in [1.82, 2.24) is 9.80 Å². The Balaban J connectivity index is 1.22. The first kappa shape index (κ1) is 25.1. The maximum Gasteiger partial charge on any atom is 0.251 e. The molecule has 0 radical (unpaired) electrons. The number of aliphatic hydroxyl groups excluding tert-OH is 1. The molecule has 194 valence electrons. The predicted molar refractivity (Wildman–Crippen MR) is 139 cm³/mol. The maximum atomic E-state index is 13.6. The lowest BCUT2D eigenvalue weighted by atomic mass is 9.84. The number of aromatic hydroxyl groups is 1. The summed E-state index contributed by atoms with van der Waals surface area (Å²) < 4.78 is 0. The molecule has 2 saturated carbocycles. The van der Waals surface area contributed by atoms with Crippen molar-refractivity contribution in [3.8, 4) is 5.75 Å². The molecular formula is C30H46N2O3. The van der Waals surface area contributed by atoms with Gasteiger partial charge in [-0.1, -0.05) is 50.7 Å². The van der Waals surface area contributed by atoms with E-state index in [0.717, 1.165) is 58.2 Å². The Morgan fingerprint density at radius 3 is 2.26 bits per heavy atom. The second-order valence-electron chi connectivity index (χ2n) is 12.0. The zero-order chi connectivity index (χ0) is 24.2. The van der Waals surface area contributed by atoms with Crippen molar-refractivity contribution in [2.24, 2.45) is 11.8 Å². The smallest absolute Gasteiger partial charge is 0.251 e. The molecule has 4 atom stereocenters. The minimum Gasteiger partial charge on any atom is -0.508 e. The van der Waals surface area contributed by atoms with Gasteiger partial charge >= 0.3 is 0 Å². The number of hydrogen-bond acceptors (Lipinski definition) is 4. The highest BCUT2D eigenvalue weighted by atomic mass is 16.3. The zero-order valence-electron chi connectivity index (χ0n) is 21.5. The number of phenols is 1. The molecule has 35 heavy (non-hydrogen) atoms. The van der Waals surface area contributed by atoms with E-state index in [2.05, 4.69) is 15.9 Å². The SMILES string of the molecule is O=C([C@@H](O)C1CCCCC1)N(CCN1[C@@H]2CC[C@H]1CC(c1cccc(O)c1)C2)CC1CCCCC1. The van der Waals surface area contributed by atoms with Crippen LogP contribution in [0.15, 0.2) is 24.3 Å². The Morgan fingerprint density at radius 1 is 0.943 bits per heavy atom. The van der Waals surface area contributed by atoms with E-state index in [1.165, 1.54) is 56.9 Å². The fourth-order valence-electron chi connectivity index (χ4n) is 7.74. The van der Waals surface area contributed by atoms with E-state index >= 15 is 0 Å². The number of carbonyl (C=O) groups excluding carboxylic acids is 1. The molecule has 5 heteroatoms. The Kier molecular flexibility index (Phi) is 8.34. The molecule has 5 rings (SSSR count). The van der Waals surface area contributed by atoms with Gasteiger partial charge in [-0.25, -0.2) is 0 Å². The summed E-state index contributed by atoms with van der Waals surface area (Å²) in [4.78, 5) is 18.3. The standard InChI is InChI=1S/C30H46N2O3/c33-28-13-7-12-24(20-28)25-18-26-14-15-27(19-25)32(26)17-16-31(21-22-8-3-1-4-9-22)30(35)29(34)23-10-5-2-6-11-23/h7,12-13,20,22-23,25-27,29,33-34H,1-6,8-11,14-19,21H2/t25?,26-,27+,29-/m0/s1. The van der Waals surface area contributed by atoms with Crippen LogP contribution in [0, 0.1) is 11.8 Å². The van der Waals surface area contributed by atoms with E-state index in [1.807, 2.05) is 12.1 Å². The predicted octanol–water partition coefficient (Wildman–Crippen LogP) is 5.45. The molecule has 1 unspecified atom stereocenters. The first-order chi connectivity index (χ1) is 17.1. The van der Waals surface area contributed by atoms with Crippen LogP contribution in [0.4, 0.5) is 0 Å². The number of aliphatic hydroxyl groups is 1. The highest BCUT2D eigenvalue weighted by Gasteiger charge is 2.41. The number of benzene rings is 1. The minimum absolute atomic E-state index is 0.00414. The molecule has 2 heterocycles. The zero-order valence-corrected chi connectivity index (χ0v) is 21.5. The van der Waals surface area contributed by atoms with Crippen LogP contribution in [0.1, 0.15) is 101 Å². The molecule has 0 spiro atoms. The molecule has 1 aromatic carbocycles. The van der Waals surface area contributed by atoms with Crippen LogP contribution in [0.3, 0.4) is 0 Å². The van der Waals surface area contributed by atoms with Gasteiger partial charge in [0.1, 0.15) is 11.9 Å². The van der Waals surface area contributed by atoms with Crippen LogP contribution in [0.5, 0.6) is 5.75 Å². The minimum atomic E-state index is -0.813. The number of carbonyl (C=O) groups is 1. The van der Waals surface area contributed by atoms with Crippen molar-refractivity contribution >= 4 is 5.91 Å². The third-order valence-corrected chi connectivity index (χ3v) is 9.72. The Morgan fingerprint density at radius 2 is 1.60 bits per heavy atom. The fourth-order valence-corrected chi connectivity index (χ4v) is 7.74. The summed E-state index contributed by atoms with van der Waals surface area (Å²) in [6.45, 7) is 2.51. The average molecular weight is 483 g/mol. The number of fused-ring (bicyclic) bond motifs is 2. The van der Waals surface area contributed by atoms with Crippen LogP contribution >= 0.6 is 0 Å². The summed E-state index contributed by atoms with van der Waals surface area (Å²) in [5.41, 5.74) is 1.27. The third kappa shape index (κ3) is 6.05. The van der Waals surface area contributed by atoms with Gasteiger partial charge in [-0.2, -0.15) is 0 Å². The van der Waals surface area contributed by atoms with Crippen molar-refractivity contribution < 1.29 is 15.0 Å². The van der Waals surface area contributed by atoms with Gasteiger partial charge in [-0.05, 0) is 86.8 Å². The largest absolute Gasteiger partial charge is 0.508 e. The van der Waals surface area contributed by atoms with Crippen LogP contribution in [0.2, 0.25) is 0 Å². The summed E-state index contributed by atoms with van der Waals surface area (Å²) in [6.07, 6.45) is 15.8.